The van der Waals surface area contributed by atoms with Gasteiger partial charge in [0.05, 0.1) is 21.5 Å². The maximum atomic E-state index is 9.20. The molecule has 2 N–H and O–H groups in total. The van der Waals surface area contributed by atoms with Crippen LogP contribution < -0.4 is 4.90 Å². The molecule has 0 aliphatic rings. The molecule has 0 saturated heterocycles. The minimum absolute atomic E-state index is 0.198. The first kappa shape index (κ1) is 11.0. The molecule has 1 aromatic rings. The number of aliphatic hydroxyl groups excluding tert-OH is 2. The number of rotatable bonds is 4. The highest BCUT2D eigenvalue weighted by molar-refractivity contribution is 9.11. The number of nitrogens with zero attached hydrogens (tertiary/aromatic N) is 1. The summed E-state index contributed by atoms with van der Waals surface area (Å²) < 4.78 is 1.06. The topological polar surface area (TPSA) is 43.7 Å². The van der Waals surface area contributed by atoms with E-state index in [2.05, 4.69) is 15.9 Å². The van der Waals surface area contributed by atoms with E-state index in [9.17, 15) is 5.11 Å². The van der Waals surface area contributed by atoms with Crippen LogP contribution in [0.15, 0.2) is 15.9 Å². The first-order chi connectivity index (χ1) is 6.13. The lowest BCUT2D eigenvalue weighted by Crippen LogP contribution is -2.30. The lowest BCUT2D eigenvalue weighted by molar-refractivity contribution is 0.101. The molecule has 1 heterocycles. The third kappa shape index (κ3) is 3.27. The molecule has 0 aromatic carbocycles. The highest BCUT2D eigenvalue weighted by Crippen LogP contribution is 2.28. The van der Waals surface area contributed by atoms with Gasteiger partial charge in [-0.1, -0.05) is 0 Å². The number of thiophene rings is 1. The summed E-state index contributed by atoms with van der Waals surface area (Å²) in [5, 5.41) is 18.9. The molecule has 0 spiro atoms. The van der Waals surface area contributed by atoms with Crippen molar-refractivity contribution in [1.29, 1.82) is 0 Å². The van der Waals surface area contributed by atoms with Crippen LogP contribution in [0.25, 0.3) is 0 Å². The second-order valence-corrected chi connectivity index (χ2v) is 5.24. The molecule has 74 valence electrons. The lowest BCUT2D eigenvalue weighted by atomic mass is 10.3. The van der Waals surface area contributed by atoms with Gasteiger partial charge in [-0.05, 0) is 28.1 Å². The minimum Gasteiger partial charge on any atom is -0.394 e. The van der Waals surface area contributed by atoms with Crippen molar-refractivity contribution in [2.24, 2.45) is 0 Å². The summed E-state index contributed by atoms with van der Waals surface area (Å²) in [5.74, 6) is 0. The van der Waals surface area contributed by atoms with Crippen LogP contribution in [0.2, 0.25) is 0 Å². The predicted octanol–water partition coefficient (Wildman–Crippen LogP) is 1.30. The second-order valence-electron chi connectivity index (χ2n) is 2.79. The molecule has 1 aromatic heterocycles. The summed E-state index contributed by atoms with van der Waals surface area (Å²) in [6.07, 6.45) is -0.675. The van der Waals surface area contributed by atoms with Crippen LogP contribution in [0.1, 0.15) is 0 Å². The quantitative estimate of drug-likeness (QED) is 0.863. The van der Waals surface area contributed by atoms with Gasteiger partial charge < -0.3 is 15.1 Å². The van der Waals surface area contributed by atoms with E-state index >= 15 is 0 Å². The van der Waals surface area contributed by atoms with E-state index in [1.54, 1.807) is 11.3 Å². The van der Waals surface area contributed by atoms with Gasteiger partial charge in [-0.3, -0.25) is 0 Å². The molecule has 1 unspecified atom stereocenters. The molecule has 1 rings (SSSR count). The Kier molecular flexibility index (Phi) is 4.18. The van der Waals surface area contributed by atoms with Gasteiger partial charge >= 0.3 is 0 Å². The number of hydrogen-bond acceptors (Lipinski definition) is 4. The summed E-state index contributed by atoms with van der Waals surface area (Å²) in [5.41, 5.74) is 0. The monoisotopic (exact) mass is 265 g/mol. The standard InChI is InChI=1S/C8H12BrNO2S/c1-10(4-6(12)5-11)8-3-2-7(9)13-8/h2-3,6,11-12H,4-5H2,1H3. The Morgan fingerprint density at radius 3 is 2.77 bits per heavy atom. The van der Waals surface area contributed by atoms with Crippen LogP contribution in [0.4, 0.5) is 5.00 Å². The molecule has 5 heteroatoms. The van der Waals surface area contributed by atoms with Crippen molar-refractivity contribution in [3.05, 3.63) is 15.9 Å². The van der Waals surface area contributed by atoms with Gasteiger partial charge in [-0.25, -0.2) is 0 Å². The number of aliphatic hydroxyl groups is 2. The largest absolute Gasteiger partial charge is 0.394 e. The van der Waals surface area contributed by atoms with Crippen molar-refractivity contribution in [2.45, 2.75) is 6.10 Å². The van der Waals surface area contributed by atoms with Gasteiger partial charge in [0.25, 0.3) is 0 Å². The van der Waals surface area contributed by atoms with Crippen molar-refractivity contribution in [3.8, 4) is 0 Å². The molecule has 0 aliphatic heterocycles. The molecule has 3 nitrogen and oxygen atoms in total. The summed E-state index contributed by atoms with van der Waals surface area (Å²) in [4.78, 5) is 1.91. The zero-order valence-electron chi connectivity index (χ0n) is 7.27. The van der Waals surface area contributed by atoms with Crippen LogP contribution in [0.3, 0.4) is 0 Å². The Labute approximate surface area is 89.7 Å². The van der Waals surface area contributed by atoms with Gasteiger partial charge in [0, 0.05) is 13.6 Å². The molecule has 13 heavy (non-hydrogen) atoms. The van der Waals surface area contributed by atoms with Crippen molar-refractivity contribution in [1.82, 2.24) is 0 Å². The molecule has 0 fully saturated rings. The van der Waals surface area contributed by atoms with E-state index < -0.39 is 6.10 Å². The second kappa shape index (κ2) is 4.95. The summed E-state index contributed by atoms with van der Waals surface area (Å²) in [6.45, 7) is 0.250. The maximum absolute atomic E-state index is 9.20. The number of halogens is 1. The fourth-order valence-corrected chi connectivity index (χ4v) is 2.31. The molecule has 0 saturated carbocycles. The van der Waals surface area contributed by atoms with Crippen molar-refractivity contribution >= 4 is 32.3 Å². The Morgan fingerprint density at radius 1 is 1.62 bits per heavy atom. The van der Waals surface area contributed by atoms with Crippen LogP contribution >= 0.6 is 27.3 Å². The van der Waals surface area contributed by atoms with Crippen LogP contribution in [-0.2, 0) is 0 Å². The fraction of sp³-hybridized carbons (Fsp3) is 0.500. The van der Waals surface area contributed by atoms with Crippen molar-refractivity contribution in [3.63, 3.8) is 0 Å². The SMILES string of the molecule is CN(CC(O)CO)c1ccc(Br)s1. The molecule has 1 atom stereocenters. The number of anilines is 1. The summed E-state index contributed by atoms with van der Waals surface area (Å²) in [7, 11) is 1.89. The smallest absolute Gasteiger partial charge is 0.0945 e. The molecule has 0 amide bonds. The van der Waals surface area contributed by atoms with E-state index in [0.29, 0.717) is 6.54 Å². The van der Waals surface area contributed by atoms with Crippen molar-refractivity contribution < 1.29 is 10.2 Å². The number of likely N-dealkylation sites (N-methyl/N-ethyl adjacent to an activating group) is 1. The normalized spacial score (nSPS) is 12.9. The van der Waals surface area contributed by atoms with E-state index in [1.165, 1.54) is 0 Å². The van der Waals surface area contributed by atoms with Gasteiger partial charge in [0.1, 0.15) is 0 Å². The van der Waals surface area contributed by atoms with E-state index in [4.69, 9.17) is 5.11 Å². The van der Waals surface area contributed by atoms with E-state index in [1.807, 2.05) is 24.1 Å². The predicted molar refractivity (Wildman–Crippen MR) is 58.4 cm³/mol. The summed E-state index contributed by atoms with van der Waals surface area (Å²) in [6, 6.07) is 3.93. The Bertz CT molecular complexity index is 266. The van der Waals surface area contributed by atoms with Crippen LogP contribution in [0, 0.1) is 0 Å². The zero-order valence-corrected chi connectivity index (χ0v) is 9.68. The average molecular weight is 266 g/mol. The third-order valence-corrected chi connectivity index (χ3v) is 3.37. The number of hydrogen-bond donors (Lipinski definition) is 2. The van der Waals surface area contributed by atoms with Gasteiger partial charge in [0.15, 0.2) is 0 Å². The van der Waals surface area contributed by atoms with Crippen LogP contribution in [0.5, 0.6) is 0 Å². The van der Waals surface area contributed by atoms with Gasteiger partial charge in [0.2, 0.25) is 0 Å². The Morgan fingerprint density at radius 2 is 2.31 bits per heavy atom. The summed E-state index contributed by atoms with van der Waals surface area (Å²) >= 11 is 4.96. The molecule has 0 bridgehead atoms. The maximum Gasteiger partial charge on any atom is 0.0945 e. The zero-order chi connectivity index (χ0) is 9.84. The molecule has 0 aliphatic carbocycles. The average Bonchev–Trinajstić information content (AvgIpc) is 2.51. The van der Waals surface area contributed by atoms with Gasteiger partial charge in [-0.15, -0.1) is 11.3 Å². The Hall–Kier alpha value is -0.100. The first-order valence-electron chi connectivity index (χ1n) is 3.89. The molecular formula is C8H12BrNO2S. The highest BCUT2D eigenvalue weighted by atomic mass is 79.9. The van der Waals surface area contributed by atoms with Crippen LogP contribution in [-0.4, -0.2) is 36.5 Å². The Balaban J connectivity index is 2.53. The molecular weight excluding hydrogens is 254 g/mol. The van der Waals surface area contributed by atoms with Gasteiger partial charge in [-0.2, -0.15) is 0 Å². The lowest BCUT2D eigenvalue weighted by Gasteiger charge is -2.19. The van der Waals surface area contributed by atoms with Crippen molar-refractivity contribution in [2.75, 3.05) is 25.1 Å². The highest BCUT2D eigenvalue weighted by Gasteiger charge is 2.08. The third-order valence-electron chi connectivity index (χ3n) is 1.63. The van der Waals surface area contributed by atoms with E-state index in [-0.39, 0.29) is 6.61 Å². The fourth-order valence-electron chi connectivity index (χ4n) is 0.974. The minimum atomic E-state index is -0.675. The molecule has 0 radical (unpaired) electrons. The van der Waals surface area contributed by atoms with E-state index in [0.717, 1.165) is 8.79 Å². The first-order valence-corrected chi connectivity index (χ1v) is 5.50.